The van der Waals surface area contributed by atoms with E-state index in [1.165, 1.54) is 6.92 Å². The molecule has 0 aliphatic carbocycles. The number of amides is 2. The number of nitrogens with zero attached hydrogens (tertiary/aromatic N) is 1. The standard InChI is InChI=1S/C15H18N4O2/c1-10-8-14(19-18-10)17-15(21)9-13(16-11(2)20)12-6-4-3-5-7-12/h3-8,13H,9H2,1-2H3,(H,16,20)(H2,17,18,19,21). The van der Waals surface area contributed by atoms with Crippen LogP contribution in [-0.2, 0) is 9.59 Å². The molecule has 1 aromatic heterocycles. The average molecular weight is 286 g/mol. The Balaban J connectivity index is 2.04. The zero-order chi connectivity index (χ0) is 15.2. The van der Waals surface area contributed by atoms with E-state index in [2.05, 4.69) is 20.8 Å². The highest BCUT2D eigenvalue weighted by Gasteiger charge is 2.17. The Kier molecular flexibility index (Phi) is 4.71. The van der Waals surface area contributed by atoms with Gasteiger partial charge in [0.2, 0.25) is 11.8 Å². The first kappa shape index (κ1) is 14.8. The van der Waals surface area contributed by atoms with Gasteiger partial charge in [-0.1, -0.05) is 30.3 Å². The molecule has 0 saturated heterocycles. The van der Waals surface area contributed by atoms with Crippen molar-refractivity contribution in [2.45, 2.75) is 26.3 Å². The molecule has 110 valence electrons. The molecule has 2 amide bonds. The highest BCUT2D eigenvalue weighted by Crippen LogP contribution is 2.17. The predicted octanol–water partition coefficient (Wildman–Crippen LogP) is 1.92. The molecule has 0 bridgehead atoms. The number of aromatic nitrogens is 2. The number of carbonyl (C=O) groups excluding carboxylic acids is 2. The van der Waals surface area contributed by atoms with Crippen molar-refractivity contribution in [3.63, 3.8) is 0 Å². The molecule has 3 N–H and O–H groups in total. The Morgan fingerprint density at radius 3 is 2.57 bits per heavy atom. The molecule has 21 heavy (non-hydrogen) atoms. The highest BCUT2D eigenvalue weighted by molar-refractivity contribution is 5.90. The van der Waals surface area contributed by atoms with Gasteiger partial charge in [0, 0.05) is 18.7 Å². The molecule has 0 saturated carbocycles. The number of aromatic amines is 1. The van der Waals surface area contributed by atoms with Crippen molar-refractivity contribution < 1.29 is 9.59 Å². The van der Waals surface area contributed by atoms with Crippen molar-refractivity contribution in [2.24, 2.45) is 0 Å². The first-order valence-corrected chi connectivity index (χ1v) is 6.68. The SMILES string of the molecule is CC(=O)NC(CC(=O)Nc1cc(C)[nH]n1)c1ccccc1. The molecule has 1 atom stereocenters. The zero-order valence-corrected chi connectivity index (χ0v) is 12.0. The van der Waals surface area contributed by atoms with Gasteiger partial charge >= 0.3 is 0 Å². The Labute approximate surface area is 122 Å². The van der Waals surface area contributed by atoms with Crippen LogP contribution in [0.5, 0.6) is 0 Å². The molecule has 0 radical (unpaired) electrons. The average Bonchev–Trinajstić information content (AvgIpc) is 2.83. The monoisotopic (exact) mass is 286 g/mol. The number of hydrogen-bond acceptors (Lipinski definition) is 3. The van der Waals surface area contributed by atoms with Crippen molar-refractivity contribution >= 4 is 17.6 Å². The quantitative estimate of drug-likeness (QED) is 0.784. The van der Waals surface area contributed by atoms with E-state index < -0.39 is 0 Å². The van der Waals surface area contributed by atoms with Crippen LogP contribution in [0, 0.1) is 6.92 Å². The lowest BCUT2D eigenvalue weighted by atomic mass is 10.0. The minimum Gasteiger partial charge on any atom is -0.349 e. The molecule has 0 fully saturated rings. The first-order chi connectivity index (χ1) is 10.0. The lowest BCUT2D eigenvalue weighted by Gasteiger charge is -2.17. The van der Waals surface area contributed by atoms with Crippen molar-refractivity contribution in [1.82, 2.24) is 15.5 Å². The highest BCUT2D eigenvalue weighted by atomic mass is 16.2. The summed E-state index contributed by atoms with van der Waals surface area (Å²) in [6.45, 7) is 3.29. The Hall–Kier alpha value is -2.63. The smallest absolute Gasteiger partial charge is 0.227 e. The number of H-pyrrole nitrogens is 1. The van der Waals surface area contributed by atoms with Crippen molar-refractivity contribution in [2.75, 3.05) is 5.32 Å². The van der Waals surface area contributed by atoms with Crippen molar-refractivity contribution in [3.8, 4) is 0 Å². The van der Waals surface area contributed by atoms with Gasteiger partial charge in [-0.25, -0.2) is 0 Å². The van der Waals surface area contributed by atoms with Gasteiger partial charge in [0.15, 0.2) is 5.82 Å². The van der Waals surface area contributed by atoms with Gasteiger partial charge in [-0.15, -0.1) is 0 Å². The summed E-state index contributed by atoms with van der Waals surface area (Å²) < 4.78 is 0. The topological polar surface area (TPSA) is 86.9 Å². The summed E-state index contributed by atoms with van der Waals surface area (Å²) in [4.78, 5) is 23.4. The van der Waals surface area contributed by atoms with E-state index in [0.29, 0.717) is 5.82 Å². The van der Waals surface area contributed by atoms with E-state index >= 15 is 0 Å². The molecule has 0 aliphatic heterocycles. The zero-order valence-electron chi connectivity index (χ0n) is 12.0. The molecule has 2 aromatic rings. The van der Waals surface area contributed by atoms with E-state index in [9.17, 15) is 9.59 Å². The fourth-order valence-electron chi connectivity index (χ4n) is 2.04. The fourth-order valence-corrected chi connectivity index (χ4v) is 2.04. The van der Waals surface area contributed by atoms with Crippen LogP contribution >= 0.6 is 0 Å². The third kappa shape index (κ3) is 4.45. The van der Waals surface area contributed by atoms with Crippen LogP contribution in [0.4, 0.5) is 5.82 Å². The summed E-state index contributed by atoms with van der Waals surface area (Å²) in [5, 5.41) is 12.2. The fraction of sp³-hybridized carbons (Fsp3) is 0.267. The van der Waals surface area contributed by atoms with Gasteiger partial charge in [-0.2, -0.15) is 5.10 Å². The molecule has 2 rings (SSSR count). The minimum absolute atomic E-state index is 0.148. The van der Waals surface area contributed by atoms with Crippen molar-refractivity contribution in [3.05, 3.63) is 47.7 Å². The summed E-state index contributed by atoms with van der Waals surface area (Å²) in [6, 6.07) is 10.8. The van der Waals surface area contributed by atoms with E-state index in [1.54, 1.807) is 6.07 Å². The van der Waals surface area contributed by atoms with E-state index in [1.807, 2.05) is 37.3 Å². The lowest BCUT2D eigenvalue weighted by Crippen LogP contribution is -2.29. The molecule has 1 aromatic carbocycles. The van der Waals surface area contributed by atoms with E-state index in [4.69, 9.17) is 0 Å². The molecular weight excluding hydrogens is 268 g/mol. The second-order valence-electron chi connectivity index (χ2n) is 4.85. The lowest BCUT2D eigenvalue weighted by molar-refractivity contribution is -0.120. The Morgan fingerprint density at radius 1 is 1.29 bits per heavy atom. The van der Waals surface area contributed by atoms with Crippen LogP contribution in [-0.4, -0.2) is 22.0 Å². The molecule has 1 unspecified atom stereocenters. The van der Waals surface area contributed by atoms with Crippen molar-refractivity contribution in [1.29, 1.82) is 0 Å². The van der Waals surface area contributed by atoms with Crippen LogP contribution in [0.25, 0.3) is 0 Å². The maximum atomic E-state index is 12.1. The number of carbonyl (C=O) groups is 2. The van der Waals surface area contributed by atoms with Crippen LogP contribution in [0.3, 0.4) is 0 Å². The molecule has 1 heterocycles. The summed E-state index contributed by atoms with van der Waals surface area (Å²) in [5.41, 5.74) is 1.76. The second-order valence-corrected chi connectivity index (χ2v) is 4.85. The third-order valence-electron chi connectivity index (χ3n) is 2.94. The first-order valence-electron chi connectivity index (χ1n) is 6.68. The van der Waals surface area contributed by atoms with Crippen LogP contribution in [0.1, 0.15) is 30.6 Å². The summed E-state index contributed by atoms with van der Waals surface area (Å²) in [5.74, 6) is 0.100. The molecular formula is C15H18N4O2. The van der Waals surface area contributed by atoms with E-state index in [0.717, 1.165) is 11.3 Å². The van der Waals surface area contributed by atoms with Gasteiger partial charge in [0.05, 0.1) is 12.5 Å². The van der Waals surface area contributed by atoms with Gasteiger partial charge in [0.1, 0.15) is 0 Å². The van der Waals surface area contributed by atoms with Crippen LogP contribution < -0.4 is 10.6 Å². The number of benzene rings is 1. The van der Waals surface area contributed by atoms with Crippen LogP contribution in [0.2, 0.25) is 0 Å². The molecule has 6 nitrogen and oxygen atoms in total. The van der Waals surface area contributed by atoms with Crippen LogP contribution in [0.15, 0.2) is 36.4 Å². The summed E-state index contributed by atoms with van der Waals surface area (Å²) >= 11 is 0. The minimum atomic E-state index is -0.358. The van der Waals surface area contributed by atoms with Gasteiger partial charge in [-0.3, -0.25) is 14.7 Å². The third-order valence-corrected chi connectivity index (χ3v) is 2.94. The largest absolute Gasteiger partial charge is 0.349 e. The van der Waals surface area contributed by atoms with E-state index in [-0.39, 0.29) is 24.3 Å². The number of aryl methyl sites for hydroxylation is 1. The Morgan fingerprint density at radius 2 is 2.00 bits per heavy atom. The Bertz CT molecular complexity index is 622. The summed E-state index contributed by atoms with van der Waals surface area (Å²) in [6.07, 6.45) is 0.148. The normalized spacial score (nSPS) is 11.7. The predicted molar refractivity (Wildman–Crippen MR) is 79.6 cm³/mol. The number of rotatable bonds is 5. The maximum absolute atomic E-state index is 12.1. The summed E-state index contributed by atoms with van der Waals surface area (Å²) in [7, 11) is 0. The number of nitrogens with one attached hydrogen (secondary N) is 3. The molecule has 6 heteroatoms. The maximum Gasteiger partial charge on any atom is 0.227 e. The molecule has 0 spiro atoms. The van der Waals surface area contributed by atoms with Gasteiger partial charge < -0.3 is 10.6 Å². The van der Waals surface area contributed by atoms with Gasteiger partial charge in [-0.05, 0) is 12.5 Å². The number of hydrogen-bond donors (Lipinski definition) is 3. The van der Waals surface area contributed by atoms with Gasteiger partial charge in [0.25, 0.3) is 0 Å². The second kappa shape index (κ2) is 6.69. The molecule has 0 aliphatic rings. The number of anilines is 1.